The number of ether oxygens (including phenoxy) is 1. The number of nitrogens with zero attached hydrogens (tertiary/aromatic N) is 7. The molecule has 1 aliphatic rings. The Morgan fingerprint density at radius 1 is 1.16 bits per heavy atom. The van der Waals surface area contributed by atoms with Gasteiger partial charge in [-0.25, -0.2) is 9.67 Å². The van der Waals surface area contributed by atoms with Crippen molar-refractivity contribution in [1.82, 2.24) is 34.4 Å². The van der Waals surface area contributed by atoms with Crippen LogP contribution < -0.4 is 5.32 Å². The molecule has 31 heavy (non-hydrogen) atoms. The van der Waals surface area contributed by atoms with Crippen LogP contribution >= 0.6 is 0 Å². The predicted molar refractivity (Wildman–Crippen MR) is 114 cm³/mol. The van der Waals surface area contributed by atoms with E-state index in [1.165, 1.54) is 0 Å². The first-order valence-electron chi connectivity index (χ1n) is 10.1. The Morgan fingerprint density at radius 2 is 2.03 bits per heavy atom. The highest BCUT2D eigenvalue weighted by Gasteiger charge is 2.19. The third-order valence-corrected chi connectivity index (χ3v) is 5.14. The highest BCUT2D eigenvalue weighted by Crippen LogP contribution is 2.18. The summed E-state index contributed by atoms with van der Waals surface area (Å²) in [5.74, 6) is 0.499. The van der Waals surface area contributed by atoms with Gasteiger partial charge in [-0.05, 0) is 17.7 Å². The summed E-state index contributed by atoms with van der Waals surface area (Å²) in [4.78, 5) is 23.6. The van der Waals surface area contributed by atoms with Crippen molar-refractivity contribution in [2.75, 3.05) is 31.6 Å². The van der Waals surface area contributed by atoms with E-state index in [2.05, 4.69) is 25.5 Å². The van der Waals surface area contributed by atoms with Crippen LogP contribution in [0, 0.1) is 0 Å². The molecular formula is C21H22N8O2. The summed E-state index contributed by atoms with van der Waals surface area (Å²) in [6, 6.07) is 7.65. The fraction of sp³-hybridized carbons (Fsp3) is 0.286. The topological polar surface area (TPSA) is 103 Å². The zero-order valence-electron chi connectivity index (χ0n) is 17.1. The van der Waals surface area contributed by atoms with Crippen LogP contribution in [0.2, 0.25) is 0 Å². The van der Waals surface area contributed by atoms with Gasteiger partial charge in [0.2, 0.25) is 5.95 Å². The highest BCUT2D eigenvalue weighted by molar-refractivity contribution is 5.94. The van der Waals surface area contributed by atoms with Gasteiger partial charge in [0.1, 0.15) is 0 Å². The smallest absolute Gasteiger partial charge is 0.254 e. The van der Waals surface area contributed by atoms with Gasteiger partial charge in [-0.1, -0.05) is 12.1 Å². The minimum absolute atomic E-state index is 0.0285. The van der Waals surface area contributed by atoms with Gasteiger partial charge < -0.3 is 15.0 Å². The fourth-order valence-electron chi connectivity index (χ4n) is 3.58. The summed E-state index contributed by atoms with van der Waals surface area (Å²) >= 11 is 0. The van der Waals surface area contributed by atoms with Crippen LogP contribution in [-0.4, -0.2) is 66.6 Å². The number of benzene rings is 1. The second-order valence-corrected chi connectivity index (χ2v) is 7.41. The van der Waals surface area contributed by atoms with Crippen LogP contribution in [0.1, 0.15) is 15.9 Å². The van der Waals surface area contributed by atoms with Crippen LogP contribution in [-0.2, 0) is 18.3 Å². The lowest BCUT2D eigenvalue weighted by Crippen LogP contribution is -2.40. The lowest BCUT2D eigenvalue weighted by Gasteiger charge is -2.27. The molecule has 0 atom stereocenters. The van der Waals surface area contributed by atoms with Crippen molar-refractivity contribution in [3.63, 3.8) is 0 Å². The molecule has 1 aliphatic heterocycles. The second-order valence-electron chi connectivity index (χ2n) is 7.41. The number of carbonyl (C=O) groups is 1. The maximum absolute atomic E-state index is 12.8. The standard InChI is InChI=1S/C21H22N8O2/c1-27-14-18(12-23-27)25-21-22-10-17-11-24-29(19(17)26-21)13-15-3-2-4-16(9-15)20(30)28-5-7-31-8-6-28/h2-4,9-12,14H,5-8,13H2,1H3,(H,22,25,26). The molecule has 1 amide bonds. The zero-order chi connectivity index (χ0) is 21.2. The van der Waals surface area contributed by atoms with Crippen LogP contribution in [0.5, 0.6) is 0 Å². The summed E-state index contributed by atoms with van der Waals surface area (Å²) in [5.41, 5.74) is 3.17. The van der Waals surface area contributed by atoms with Gasteiger partial charge in [0.15, 0.2) is 5.65 Å². The molecule has 0 saturated carbocycles. The van der Waals surface area contributed by atoms with Gasteiger partial charge in [-0.15, -0.1) is 0 Å². The molecule has 1 fully saturated rings. The minimum atomic E-state index is 0.0285. The van der Waals surface area contributed by atoms with Crippen LogP contribution in [0.15, 0.2) is 49.1 Å². The van der Waals surface area contributed by atoms with Crippen LogP contribution in [0.4, 0.5) is 11.6 Å². The number of amides is 1. The van der Waals surface area contributed by atoms with Crippen molar-refractivity contribution in [2.45, 2.75) is 6.54 Å². The molecule has 0 bridgehead atoms. The lowest BCUT2D eigenvalue weighted by molar-refractivity contribution is 0.0303. The van der Waals surface area contributed by atoms with Gasteiger partial charge in [0.25, 0.3) is 5.91 Å². The van der Waals surface area contributed by atoms with E-state index in [1.807, 2.05) is 47.1 Å². The number of morpholine rings is 1. The third-order valence-electron chi connectivity index (χ3n) is 5.14. The Balaban J connectivity index is 1.37. The number of aromatic nitrogens is 6. The van der Waals surface area contributed by atoms with E-state index in [1.54, 1.807) is 23.3 Å². The molecule has 10 heteroatoms. The zero-order valence-corrected chi connectivity index (χ0v) is 17.1. The summed E-state index contributed by atoms with van der Waals surface area (Å²) in [5, 5.41) is 12.6. The van der Waals surface area contributed by atoms with E-state index < -0.39 is 0 Å². The molecule has 10 nitrogen and oxygen atoms in total. The molecule has 0 spiro atoms. The number of hydrogen-bond donors (Lipinski definition) is 1. The number of nitrogens with one attached hydrogen (secondary N) is 1. The Kier molecular flexibility index (Phi) is 5.04. The van der Waals surface area contributed by atoms with E-state index in [0.717, 1.165) is 16.6 Å². The largest absolute Gasteiger partial charge is 0.378 e. The van der Waals surface area contributed by atoms with Gasteiger partial charge in [0.05, 0.1) is 43.2 Å². The highest BCUT2D eigenvalue weighted by atomic mass is 16.5. The number of rotatable bonds is 5. The Bertz CT molecular complexity index is 1230. The molecule has 0 aliphatic carbocycles. The Hall–Kier alpha value is -3.79. The van der Waals surface area contributed by atoms with E-state index >= 15 is 0 Å². The fourth-order valence-corrected chi connectivity index (χ4v) is 3.58. The number of carbonyl (C=O) groups excluding carboxylic acids is 1. The summed E-state index contributed by atoms with van der Waals surface area (Å²) < 4.78 is 8.86. The predicted octanol–water partition coefficient (Wildman–Crippen LogP) is 1.82. The average molecular weight is 418 g/mol. The minimum Gasteiger partial charge on any atom is -0.378 e. The van der Waals surface area contributed by atoms with Crippen molar-refractivity contribution in [1.29, 1.82) is 0 Å². The van der Waals surface area contributed by atoms with Crippen molar-refractivity contribution in [3.8, 4) is 0 Å². The molecule has 1 saturated heterocycles. The normalized spacial score (nSPS) is 14.2. The quantitative estimate of drug-likeness (QED) is 0.527. The molecule has 0 radical (unpaired) electrons. The van der Waals surface area contributed by atoms with E-state index in [0.29, 0.717) is 50.0 Å². The van der Waals surface area contributed by atoms with Crippen molar-refractivity contribution >= 4 is 28.6 Å². The van der Waals surface area contributed by atoms with Crippen LogP contribution in [0.25, 0.3) is 11.0 Å². The Morgan fingerprint density at radius 3 is 2.84 bits per heavy atom. The molecule has 5 rings (SSSR count). The van der Waals surface area contributed by atoms with Crippen molar-refractivity contribution < 1.29 is 9.53 Å². The summed E-state index contributed by atoms with van der Waals surface area (Å²) in [6.07, 6.45) is 7.04. The second kappa shape index (κ2) is 8.15. The first-order valence-corrected chi connectivity index (χ1v) is 10.1. The molecule has 1 aromatic carbocycles. The molecular weight excluding hydrogens is 396 g/mol. The van der Waals surface area contributed by atoms with E-state index in [4.69, 9.17) is 4.74 Å². The molecule has 3 aromatic heterocycles. The van der Waals surface area contributed by atoms with Crippen LogP contribution in [0.3, 0.4) is 0 Å². The summed E-state index contributed by atoms with van der Waals surface area (Å²) in [6.45, 7) is 2.91. The molecule has 0 unspecified atom stereocenters. The SMILES string of the molecule is Cn1cc(Nc2ncc3cnn(Cc4cccc(C(=O)N5CCOCC5)c4)c3n2)cn1. The monoisotopic (exact) mass is 418 g/mol. The van der Waals surface area contributed by atoms with E-state index in [-0.39, 0.29) is 5.91 Å². The maximum atomic E-state index is 12.8. The lowest BCUT2D eigenvalue weighted by atomic mass is 10.1. The van der Waals surface area contributed by atoms with Gasteiger partial charge in [-0.3, -0.25) is 9.48 Å². The van der Waals surface area contributed by atoms with Gasteiger partial charge >= 0.3 is 0 Å². The number of hydrogen-bond acceptors (Lipinski definition) is 7. The first-order chi connectivity index (χ1) is 15.2. The molecule has 4 heterocycles. The van der Waals surface area contributed by atoms with E-state index in [9.17, 15) is 4.79 Å². The van der Waals surface area contributed by atoms with Crippen molar-refractivity contribution in [2.24, 2.45) is 7.05 Å². The first kappa shape index (κ1) is 19.2. The third kappa shape index (κ3) is 4.10. The van der Waals surface area contributed by atoms with Gasteiger partial charge in [0, 0.05) is 38.1 Å². The number of anilines is 2. The number of aryl methyl sites for hydroxylation is 1. The van der Waals surface area contributed by atoms with Crippen molar-refractivity contribution in [3.05, 3.63) is 60.2 Å². The number of fused-ring (bicyclic) bond motifs is 1. The maximum Gasteiger partial charge on any atom is 0.254 e. The molecule has 158 valence electrons. The van der Waals surface area contributed by atoms with Gasteiger partial charge in [-0.2, -0.15) is 15.2 Å². The molecule has 4 aromatic rings. The summed E-state index contributed by atoms with van der Waals surface area (Å²) in [7, 11) is 1.85. The molecule has 1 N–H and O–H groups in total. The average Bonchev–Trinajstić information content (AvgIpc) is 3.39. The Labute approximate surface area is 178 Å².